The zero-order valence-corrected chi connectivity index (χ0v) is 13.3. The summed E-state index contributed by atoms with van der Waals surface area (Å²) in [6.45, 7) is 2.01. The van der Waals surface area contributed by atoms with Gasteiger partial charge in [0.05, 0.1) is 6.04 Å². The van der Waals surface area contributed by atoms with Crippen LogP contribution in [0.1, 0.15) is 50.1 Å². The molecule has 2 aliphatic heterocycles. The Morgan fingerprint density at radius 3 is 2.19 bits per heavy atom. The lowest BCUT2D eigenvalue weighted by Gasteiger charge is -2.30. The van der Waals surface area contributed by atoms with Gasteiger partial charge in [0, 0.05) is 19.6 Å². The predicted octanol–water partition coefficient (Wildman–Crippen LogP) is 2.94. The molecule has 0 amide bonds. The van der Waals surface area contributed by atoms with Gasteiger partial charge in [-0.3, -0.25) is 0 Å². The van der Waals surface area contributed by atoms with E-state index in [9.17, 15) is 8.42 Å². The molecule has 1 aromatic carbocycles. The molecule has 2 saturated heterocycles. The van der Waals surface area contributed by atoms with Crippen LogP contribution in [0.15, 0.2) is 30.3 Å². The molecule has 1 aromatic rings. The fourth-order valence-corrected chi connectivity index (χ4v) is 5.37. The normalized spacial score (nSPS) is 25.8. The average Bonchev–Trinajstić information content (AvgIpc) is 2.84. The molecular formula is C16H24N2O2S. The quantitative estimate of drug-likeness (QED) is 0.861. The van der Waals surface area contributed by atoms with Gasteiger partial charge < -0.3 is 0 Å². The van der Waals surface area contributed by atoms with Crippen molar-refractivity contribution in [3.8, 4) is 0 Å². The molecular weight excluding hydrogens is 284 g/mol. The second kappa shape index (κ2) is 6.46. The van der Waals surface area contributed by atoms with Gasteiger partial charge in [-0.15, -0.1) is 0 Å². The van der Waals surface area contributed by atoms with Gasteiger partial charge in [0.25, 0.3) is 10.2 Å². The summed E-state index contributed by atoms with van der Waals surface area (Å²) in [7, 11) is -3.32. The van der Waals surface area contributed by atoms with Crippen molar-refractivity contribution in [1.29, 1.82) is 0 Å². The maximum atomic E-state index is 13.0. The van der Waals surface area contributed by atoms with Crippen LogP contribution in [0.3, 0.4) is 0 Å². The fourth-order valence-electron chi connectivity index (χ4n) is 3.45. The van der Waals surface area contributed by atoms with E-state index >= 15 is 0 Å². The first kappa shape index (κ1) is 15.0. The lowest BCUT2D eigenvalue weighted by molar-refractivity contribution is 0.330. The Labute approximate surface area is 127 Å². The number of nitrogens with zero attached hydrogens (tertiary/aromatic N) is 2. The van der Waals surface area contributed by atoms with Gasteiger partial charge in [-0.1, -0.05) is 43.2 Å². The van der Waals surface area contributed by atoms with Crippen LogP contribution >= 0.6 is 0 Å². The molecule has 1 atom stereocenters. The van der Waals surface area contributed by atoms with Crippen LogP contribution in [0, 0.1) is 0 Å². The minimum absolute atomic E-state index is 0.0134. The van der Waals surface area contributed by atoms with E-state index in [4.69, 9.17) is 0 Å². The minimum atomic E-state index is -3.32. The molecule has 0 bridgehead atoms. The molecule has 2 fully saturated rings. The summed E-state index contributed by atoms with van der Waals surface area (Å²) >= 11 is 0. The molecule has 0 spiro atoms. The highest BCUT2D eigenvalue weighted by atomic mass is 32.2. The molecule has 0 N–H and O–H groups in total. The zero-order chi connectivity index (χ0) is 14.7. The number of rotatable bonds is 3. The van der Waals surface area contributed by atoms with Crippen LogP contribution in [-0.2, 0) is 10.2 Å². The maximum absolute atomic E-state index is 13.0. The number of hydrogen-bond donors (Lipinski definition) is 0. The van der Waals surface area contributed by atoms with Crippen molar-refractivity contribution in [2.75, 3.05) is 19.6 Å². The summed E-state index contributed by atoms with van der Waals surface area (Å²) in [6.07, 6.45) is 6.15. The van der Waals surface area contributed by atoms with Crippen LogP contribution < -0.4 is 0 Å². The highest BCUT2D eigenvalue weighted by Gasteiger charge is 2.38. The van der Waals surface area contributed by atoms with E-state index in [2.05, 4.69) is 0 Å². The third-order valence-electron chi connectivity index (χ3n) is 4.58. The summed E-state index contributed by atoms with van der Waals surface area (Å²) in [5.41, 5.74) is 1.12. The molecule has 2 heterocycles. The van der Waals surface area contributed by atoms with E-state index in [1.165, 1.54) is 0 Å². The maximum Gasteiger partial charge on any atom is 0.282 e. The SMILES string of the molecule is O=S(=O)(N1CCCCCC1)N1CCC[C@@H]1c1ccccc1. The van der Waals surface area contributed by atoms with Gasteiger partial charge in [0.15, 0.2) is 0 Å². The summed E-state index contributed by atoms with van der Waals surface area (Å²) in [4.78, 5) is 0. The molecule has 0 aliphatic carbocycles. The minimum Gasteiger partial charge on any atom is -0.195 e. The Kier molecular flexibility index (Phi) is 4.62. The Hall–Kier alpha value is -0.910. The Bertz CT molecular complexity index is 551. The second-order valence-corrected chi connectivity index (χ2v) is 7.88. The van der Waals surface area contributed by atoms with Gasteiger partial charge in [-0.05, 0) is 31.2 Å². The van der Waals surface area contributed by atoms with Gasteiger partial charge >= 0.3 is 0 Å². The van der Waals surface area contributed by atoms with Crippen molar-refractivity contribution in [3.63, 3.8) is 0 Å². The predicted molar refractivity (Wildman–Crippen MR) is 84.1 cm³/mol. The van der Waals surface area contributed by atoms with E-state index in [1.54, 1.807) is 8.61 Å². The molecule has 4 nitrogen and oxygen atoms in total. The van der Waals surface area contributed by atoms with E-state index in [0.29, 0.717) is 19.6 Å². The van der Waals surface area contributed by atoms with Gasteiger partial charge in [0.1, 0.15) is 0 Å². The molecule has 116 valence electrons. The van der Waals surface area contributed by atoms with Crippen LogP contribution in [0.4, 0.5) is 0 Å². The van der Waals surface area contributed by atoms with Gasteiger partial charge in [0.2, 0.25) is 0 Å². The van der Waals surface area contributed by atoms with Crippen LogP contribution in [-0.4, -0.2) is 36.7 Å². The monoisotopic (exact) mass is 308 g/mol. The molecule has 0 radical (unpaired) electrons. The van der Waals surface area contributed by atoms with Crippen molar-refractivity contribution in [2.45, 2.75) is 44.6 Å². The Morgan fingerprint density at radius 1 is 0.857 bits per heavy atom. The molecule has 3 rings (SSSR count). The fraction of sp³-hybridized carbons (Fsp3) is 0.625. The highest BCUT2D eigenvalue weighted by Crippen LogP contribution is 2.35. The lowest BCUT2D eigenvalue weighted by Crippen LogP contribution is -2.43. The smallest absolute Gasteiger partial charge is 0.195 e. The third kappa shape index (κ3) is 3.15. The first-order chi connectivity index (χ1) is 10.2. The van der Waals surface area contributed by atoms with Crippen molar-refractivity contribution in [1.82, 2.24) is 8.61 Å². The molecule has 0 unspecified atom stereocenters. The second-order valence-electron chi connectivity index (χ2n) is 6.00. The lowest BCUT2D eigenvalue weighted by atomic mass is 10.1. The molecule has 0 aromatic heterocycles. The Morgan fingerprint density at radius 2 is 1.52 bits per heavy atom. The summed E-state index contributed by atoms with van der Waals surface area (Å²) < 4.78 is 29.4. The van der Waals surface area contributed by atoms with Gasteiger partial charge in [-0.25, -0.2) is 0 Å². The standard InChI is InChI=1S/C16H24N2O2S/c19-21(20,17-12-6-1-2-7-13-17)18-14-8-11-16(18)15-9-4-3-5-10-15/h3-5,9-10,16H,1-2,6-8,11-14H2/t16-/m1/s1. The van der Waals surface area contributed by atoms with E-state index in [0.717, 1.165) is 44.1 Å². The molecule has 2 aliphatic rings. The van der Waals surface area contributed by atoms with E-state index in [-0.39, 0.29) is 6.04 Å². The topological polar surface area (TPSA) is 40.6 Å². The summed E-state index contributed by atoms with van der Waals surface area (Å²) in [6, 6.07) is 10.1. The van der Waals surface area contributed by atoms with E-state index in [1.807, 2.05) is 30.3 Å². The average molecular weight is 308 g/mol. The highest BCUT2D eigenvalue weighted by molar-refractivity contribution is 7.86. The third-order valence-corrected chi connectivity index (χ3v) is 6.62. The first-order valence-electron chi connectivity index (χ1n) is 8.01. The number of benzene rings is 1. The van der Waals surface area contributed by atoms with Crippen molar-refractivity contribution in [2.24, 2.45) is 0 Å². The molecule has 21 heavy (non-hydrogen) atoms. The summed E-state index contributed by atoms with van der Waals surface area (Å²) in [5, 5.41) is 0. The zero-order valence-electron chi connectivity index (χ0n) is 12.4. The van der Waals surface area contributed by atoms with Crippen molar-refractivity contribution in [3.05, 3.63) is 35.9 Å². The van der Waals surface area contributed by atoms with Crippen LogP contribution in [0.2, 0.25) is 0 Å². The summed E-state index contributed by atoms with van der Waals surface area (Å²) in [5.74, 6) is 0. The van der Waals surface area contributed by atoms with Gasteiger partial charge in [-0.2, -0.15) is 17.0 Å². The van der Waals surface area contributed by atoms with Crippen LogP contribution in [0.5, 0.6) is 0 Å². The molecule has 5 heteroatoms. The Balaban J connectivity index is 1.83. The van der Waals surface area contributed by atoms with Crippen LogP contribution in [0.25, 0.3) is 0 Å². The number of hydrogen-bond acceptors (Lipinski definition) is 2. The van der Waals surface area contributed by atoms with Crippen molar-refractivity contribution >= 4 is 10.2 Å². The van der Waals surface area contributed by atoms with E-state index < -0.39 is 10.2 Å². The largest absolute Gasteiger partial charge is 0.282 e. The first-order valence-corrected chi connectivity index (χ1v) is 9.41. The molecule has 0 saturated carbocycles. The van der Waals surface area contributed by atoms with Crippen molar-refractivity contribution < 1.29 is 8.42 Å².